The van der Waals surface area contributed by atoms with E-state index in [1.165, 1.54) is 4.57 Å². The van der Waals surface area contributed by atoms with Crippen molar-refractivity contribution < 1.29 is 6.48 Å². The second-order valence-electron chi connectivity index (χ2n) is 7.47. The Balaban J connectivity index is 1.63. The van der Waals surface area contributed by atoms with E-state index in [9.17, 15) is 9.90 Å². The molecule has 4 aliphatic carbocycles. The van der Waals surface area contributed by atoms with Crippen LogP contribution in [0.15, 0.2) is 11.0 Å². The second kappa shape index (κ2) is 3.98. The Hall–Kier alpha value is -1.69. The van der Waals surface area contributed by atoms with Crippen LogP contribution in [0.4, 0.5) is 0 Å². The van der Waals surface area contributed by atoms with Crippen molar-refractivity contribution in [2.24, 2.45) is 24.8 Å². The van der Waals surface area contributed by atoms with Gasteiger partial charge >= 0.3 is 5.69 Å². The summed E-state index contributed by atoms with van der Waals surface area (Å²) in [5, 5.41) is 10.5. The van der Waals surface area contributed by atoms with Crippen molar-refractivity contribution >= 4 is 11.2 Å². The highest BCUT2D eigenvalue weighted by Gasteiger charge is 2.56. The molecule has 0 spiro atoms. The van der Waals surface area contributed by atoms with Gasteiger partial charge in [0.15, 0.2) is 5.65 Å². The van der Waals surface area contributed by atoms with Crippen molar-refractivity contribution in [2.75, 3.05) is 0 Å². The lowest BCUT2D eigenvalue weighted by Crippen LogP contribution is -2.55. The molecule has 0 saturated heterocycles. The Morgan fingerprint density at radius 1 is 1.41 bits per heavy atom. The fourth-order valence-corrected chi connectivity index (χ4v) is 5.30. The van der Waals surface area contributed by atoms with Crippen LogP contribution in [-0.4, -0.2) is 30.7 Å². The van der Waals surface area contributed by atoms with Crippen LogP contribution < -0.4 is 5.69 Å². The van der Waals surface area contributed by atoms with Crippen LogP contribution in [0.2, 0.25) is 0 Å². The van der Waals surface area contributed by atoms with Crippen molar-refractivity contribution in [3.05, 3.63) is 22.5 Å². The molecule has 6 nitrogen and oxygen atoms in total. The zero-order valence-corrected chi connectivity index (χ0v) is 12.5. The first-order valence-electron chi connectivity index (χ1n) is 8.54. The van der Waals surface area contributed by atoms with Crippen LogP contribution in [0, 0.1) is 17.8 Å². The van der Waals surface area contributed by atoms with Crippen molar-refractivity contribution in [1.82, 2.24) is 19.5 Å². The molecule has 4 aliphatic rings. The minimum atomic E-state index is -1.29. The number of imidazole rings is 1. The predicted molar refractivity (Wildman–Crippen MR) is 80.4 cm³/mol. The van der Waals surface area contributed by atoms with Gasteiger partial charge in [0.05, 0.1) is 13.6 Å². The maximum atomic E-state index is 11.8. The number of hydrogen-bond acceptors (Lipinski definition) is 4. The van der Waals surface area contributed by atoms with Crippen LogP contribution in [0.3, 0.4) is 0 Å². The summed E-state index contributed by atoms with van der Waals surface area (Å²) in [5.41, 5.74) is 0.974. The molecule has 4 bridgehead atoms. The van der Waals surface area contributed by atoms with Gasteiger partial charge in [-0.05, 0) is 49.9 Å². The second-order valence-corrected chi connectivity index (χ2v) is 7.47. The molecular weight excluding hydrogens is 280 g/mol. The van der Waals surface area contributed by atoms with E-state index in [1.807, 2.05) is 0 Å². The molecule has 4 saturated carbocycles. The summed E-state index contributed by atoms with van der Waals surface area (Å²) in [7, 11) is 1.70. The first-order chi connectivity index (χ1) is 10.9. The van der Waals surface area contributed by atoms with Gasteiger partial charge in [-0.25, -0.2) is 14.8 Å². The van der Waals surface area contributed by atoms with Gasteiger partial charge in [-0.3, -0.25) is 9.55 Å². The van der Waals surface area contributed by atoms with E-state index in [0.717, 1.165) is 37.9 Å². The summed E-state index contributed by atoms with van der Waals surface area (Å²) in [4.78, 5) is 23.8. The van der Waals surface area contributed by atoms with Gasteiger partial charge in [-0.15, -0.1) is 0 Å². The Morgan fingerprint density at radius 3 is 2.86 bits per heavy atom. The molecule has 2 atom stereocenters. The van der Waals surface area contributed by atoms with Gasteiger partial charge < -0.3 is 5.11 Å². The number of hydrogen-bond donors (Lipinski definition) is 2. The molecular formula is C16H20N4O2. The molecule has 6 heteroatoms. The van der Waals surface area contributed by atoms with E-state index in [4.69, 9.17) is 1.37 Å². The molecule has 2 unspecified atom stereocenters. The van der Waals surface area contributed by atoms with Crippen molar-refractivity contribution in [1.29, 1.82) is 0 Å². The summed E-state index contributed by atoms with van der Waals surface area (Å²) >= 11 is 0. The third kappa shape index (κ3) is 1.51. The molecule has 22 heavy (non-hydrogen) atoms. The third-order valence-corrected chi connectivity index (χ3v) is 6.16. The average molecular weight is 301 g/mol. The van der Waals surface area contributed by atoms with Crippen LogP contribution in [0.25, 0.3) is 11.2 Å². The maximum absolute atomic E-state index is 11.8. The Morgan fingerprint density at radius 2 is 2.14 bits per heavy atom. The number of aromatic nitrogens is 4. The molecule has 0 aromatic carbocycles. The normalized spacial score (nSPS) is 43.7. The average Bonchev–Trinajstić information content (AvgIpc) is 2.79. The number of H-pyrrole nitrogens is 1. The molecule has 6 rings (SSSR count). The molecule has 2 aromatic rings. The van der Waals surface area contributed by atoms with E-state index in [0.29, 0.717) is 17.1 Å². The molecule has 116 valence electrons. The molecule has 0 radical (unpaired) electrons. The Kier molecular flexibility index (Phi) is 2.14. The topological polar surface area (TPSA) is 83.8 Å². The fraction of sp³-hybridized carbons (Fsp3) is 0.688. The number of aryl methyl sites for hydroxylation is 1. The van der Waals surface area contributed by atoms with Gasteiger partial charge in [0.1, 0.15) is 11.3 Å². The number of rotatable bonds is 1. The number of fused-ring (bicyclic) bond motifs is 1. The molecule has 2 N–H and O–H groups in total. The highest BCUT2D eigenvalue weighted by atomic mass is 16.3. The third-order valence-electron chi connectivity index (χ3n) is 6.16. The van der Waals surface area contributed by atoms with Crippen LogP contribution in [0.5, 0.6) is 0 Å². The van der Waals surface area contributed by atoms with Gasteiger partial charge in [-0.1, -0.05) is 0 Å². The van der Waals surface area contributed by atoms with Crippen molar-refractivity contribution in [2.45, 2.75) is 43.6 Å². The molecule has 0 aliphatic heterocycles. The quantitative estimate of drug-likeness (QED) is 0.826. The van der Waals surface area contributed by atoms with Crippen molar-refractivity contribution in [3.63, 3.8) is 0 Å². The van der Waals surface area contributed by atoms with Gasteiger partial charge in [-0.2, -0.15) is 0 Å². The van der Waals surface area contributed by atoms with Gasteiger partial charge in [0, 0.05) is 12.5 Å². The number of nitrogens with one attached hydrogen (secondary N) is 1. The molecule has 2 aromatic heterocycles. The molecule has 4 fully saturated rings. The highest BCUT2D eigenvalue weighted by Crippen LogP contribution is 2.60. The summed E-state index contributed by atoms with van der Waals surface area (Å²) in [5.74, 6) is 1.37. The maximum Gasteiger partial charge on any atom is 0.327 e. The lowest BCUT2D eigenvalue weighted by atomic mass is 9.48. The van der Waals surface area contributed by atoms with E-state index < -0.39 is 6.08 Å². The summed E-state index contributed by atoms with van der Waals surface area (Å²) in [6.45, 7) is 0. The number of aliphatic hydroxyl groups is 1. The SMILES string of the molecule is [2H]C1(O)C2CC3CC1CC(c1ncc4c(n1)[nH]c(=O)n4C)(C3)C2. The Labute approximate surface area is 129 Å². The van der Waals surface area contributed by atoms with Gasteiger partial charge in [0.25, 0.3) is 0 Å². The fourth-order valence-electron chi connectivity index (χ4n) is 5.30. The minimum Gasteiger partial charge on any atom is -0.393 e. The van der Waals surface area contributed by atoms with E-state index >= 15 is 0 Å². The monoisotopic (exact) mass is 301 g/mol. The first-order valence-corrected chi connectivity index (χ1v) is 8.04. The highest BCUT2D eigenvalue weighted by molar-refractivity contribution is 5.69. The van der Waals surface area contributed by atoms with E-state index in [1.54, 1.807) is 13.2 Å². The van der Waals surface area contributed by atoms with Crippen LogP contribution in [-0.2, 0) is 12.5 Å². The standard InChI is InChI=1S/C16H20N4O2/c1-20-11-7-17-14(18-13(11)19-15(20)22)16-4-8-2-9(5-16)12(21)10(3-8)6-16/h7-10,12,21H,2-6H2,1H3,(H,17,18,19,22)/i12D. The predicted octanol–water partition coefficient (Wildman–Crippen LogP) is 1.10. The Bertz CT molecular complexity index is 853. The molecule has 2 heterocycles. The largest absolute Gasteiger partial charge is 0.393 e. The van der Waals surface area contributed by atoms with E-state index in [-0.39, 0.29) is 22.9 Å². The summed E-state index contributed by atoms with van der Waals surface area (Å²) in [6.07, 6.45) is 4.93. The van der Waals surface area contributed by atoms with E-state index in [2.05, 4.69) is 15.0 Å². The lowest BCUT2D eigenvalue weighted by molar-refractivity contribution is -0.108. The number of aromatic amines is 1. The van der Waals surface area contributed by atoms with Crippen LogP contribution >= 0.6 is 0 Å². The summed E-state index contributed by atoms with van der Waals surface area (Å²) in [6, 6.07) is 0. The van der Waals surface area contributed by atoms with Crippen molar-refractivity contribution in [3.8, 4) is 0 Å². The smallest absolute Gasteiger partial charge is 0.327 e. The summed E-state index contributed by atoms with van der Waals surface area (Å²) < 4.78 is 9.84. The number of nitrogens with zero attached hydrogens (tertiary/aromatic N) is 3. The minimum absolute atomic E-state index is 0.0165. The van der Waals surface area contributed by atoms with Crippen LogP contribution in [0.1, 0.15) is 39.3 Å². The lowest BCUT2D eigenvalue weighted by Gasteiger charge is -2.58. The first kappa shape index (κ1) is 11.8. The zero-order valence-electron chi connectivity index (χ0n) is 13.5. The van der Waals surface area contributed by atoms with Gasteiger partial charge in [0.2, 0.25) is 0 Å². The zero-order chi connectivity index (χ0) is 16.0. The molecule has 0 amide bonds.